The number of hydrogen-bond donors (Lipinski definition) is 1. The first-order chi connectivity index (χ1) is 12.9. The van der Waals surface area contributed by atoms with E-state index in [-0.39, 0.29) is 17.4 Å². The van der Waals surface area contributed by atoms with Crippen LogP contribution < -0.4 is 5.32 Å². The lowest BCUT2D eigenvalue weighted by molar-refractivity contribution is -0.138. The molecule has 27 heavy (non-hydrogen) atoms. The molecule has 2 aromatic carbocycles. The molecule has 140 valence electrons. The van der Waals surface area contributed by atoms with Gasteiger partial charge in [-0.1, -0.05) is 30.4 Å². The number of fused-ring (bicyclic) bond motifs is 3. The molecule has 0 saturated carbocycles. The van der Waals surface area contributed by atoms with E-state index in [9.17, 15) is 18.0 Å². The number of carbonyl (C=O) groups excluding carboxylic acids is 1. The Kier molecular flexibility index (Phi) is 4.21. The Morgan fingerprint density at radius 1 is 1.15 bits per heavy atom. The monoisotopic (exact) mass is 373 g/mol. The van der Waals surface area contributed by atoms with Crippen LogP contribution in [-0.2, 0) is 10.9 Å². The smallest absolute Gasteiger partial charge is 0.416 e. The molecule has 4 rings (SSSR count). The van der Waals surface area contributed by atoms with Crippen molar-refractivity contribution in [3.63, 3.8) is 0 Å². The minimum atomic E-state index is -4.41. The molecular formula is C21H18F3NO2. The zero-order valence-electron chi connectivity index (χ0n) is 14.6. The van der Waals surface area contributed by atoms with Crippen molar-refractivity contribution in [2.45, 2.75) is 24.6 Å². The number of methoxy groups -OCH3 is 1. The second-order valence-corrected chi connectivity index (χ2v) is 6.85. The van der Waals surface area contributed by atoms with Crippen LogP contribution >= 0.6 is 0 Å². The first-order valence-electron chi connectivity index (χ1n) is 8.71. The Hall–Kier alpha value is -2.76. The maximum Gasteiger partial charge on any atom is 0.416 e. The molecule has 0 aromatic heterocycles. The molecule has 1 aliphatic carbocycles. The molecule has 3 nitrogen and oxygen atoms in total. The summed E-state index contributed by atoms with van der Waals surface area (Å²) in [6.45, 7) is 0. The van der Waals surface area contributed by atoms with E-state index < -0.39 is 23.8 Å². The highest BCUT2D eigenvalue weighted by Crippen LogP contribution is 2.51. The predicted molar refractivity (Wildman–Crippen MR) is 95.6 cm³/mol. The van der Waals surface area contributed by atoms with E-state index in [0.29, 0.717) is 12.0 Å². The Labute approximate surface area is 154 Å². The molecule has 3 atom stereocenters. The lowest BCUT2D eigenvalue weighted by atomic mass is 9.75. The fourth-order valence-corrected chi connectivity index (χ4v) is 4.17. The maximum atomic E-state index is 13.5. The van der Waals surface area contributed by atoms with Gasteiger partial charge in [0.25, 0.3) is 0 Å². The van der Waals surface area contributed by atoms with Crippen LogP contribution in [0.5, 0.6) is 0 Å². The van der Waals surface area contributed by atoms with Crippen molar-refractivity contribution in [2.24, 2.45) is 5.92 Å². The normalized spacial score (nSPS) is 23.3. The fourth-order valence-electron chi connectivity index (χ4n) is 4.17. The van der Waals surface area contributed by atoms with Gasteiger partial charge in [0.05, 0.1) is 24.3 Å². The predicted octanol–water partition coefficient (Wildman–Crippen LogP) is 5.32. The van der Waals surface area contributed by atoms with Crippen LogP contribution in [0.4, 0.5) is 18.9 Å². The third-order valence-electron chi connectivity index (χ3n) is 5.39. The zero-order valence-corrected chi connectivity index (χ0v) is 14.6. The summed E-state index contributed by atoms with van der Waals surface area (Å²) < 4.78 is 45.4. The number of ether oxygens (including phenoxy) is 1. The lowest BCUT2D eigenvalue weighted by Gasteiger charge is -2.38. The quantitative estimate of drug-likeness (QED) is 0.572. The van der Waals surface area contributed by atoms with Crippen molar-refractivity contribution in [3.8, 4) is 0 Å². The standard InChI is InChI=1S/C21H18F3NO2/c1-27-20(26)12-9-10-18-16(11-12)13-6-4-7-14(13)19(25-18)15-5-2-3-8-17(15)21(22,23)24/h2-6,8-11,13-14,19,25H,7H2,1H3/t13-,14+,19+/m1/s1. The zero-order chi connectivity index (χ0) is 19.2. The Morgan fingerprint density at radius 2 is 1.93 bits per heavy atom. The molecule has 0 radical (unpaired) electrons. The van der Waals surface area contributed by atoms with Crippen LogP contribution in [0.25, 0.3) is 0 Å². The summed E-state index contributed by atoms with van der Waals surface area (Å²) in [6.07, 6.45) is 0.292. The van der Waals surface area contributed by atoms with Gasteiger partial charge in [-0.2, -0.15) is 13.2 Å². The third kappa shape index (κ3) is 2.99. The van der Waals surface area contributed by atoms with E-state index in [2.05, 4.69) is 5.32 Å². The number of anilines is 1. The summed E-state index contributed by atoms with van der Waals surface area (Å²) in [4.78, 5) is 11.8. The van der Waals surface area contributed by atoms with Crippen LogP contribution in [0.15, 0.2) is 54.6 Å². The van der Waals surface area contributed by atoms with Gasteiger partial charge in [-0.25, -0.2) is 4.79 Å². The largest absolute Gasteiger partial charge is 0.465 e. The minimum absolute atomic E-state index is 0.0443. The SMILES string of the molecule is COC(=O)c1ccc2c(c1)[C@@H]1C=CC[C@@H]1[C@@H](c1ccccc1C(F)(F)F)N2. The van der Waals surface area contributed by atoms with E-state index in [1.165, 1.54) is 13.2 Å². The van der Waals surface area contributed by atoms with E-state index >= 15 is 0 Å². The van der Waals surface area contributed by atoms with Crippen LogP contribution in [-0.4, -0.2) is 13.1 Å². The molecule has 0 amide bonds. The van der Waals surface area contributed by atoms with Gasteiger partial charge in [-0.15, -0.1) is 0 Å². The highest BCUT2D eigenvalue weighted by molar-refractivity contribution is 5.90. The first kappa shape index (κ1) is 17.6. The summed E-state index contributed by atoms with van der Waals surface area (Å²) in [5.41, 5.74) is 1.75. The molecule has 0 saturated heterocycles. The number of halogens is 3. The van der Waals surface area contributed by atoms with Gasteiger partial charge in [0.15, 0.2) is 0 Å². The number of rotatable bonds is 2. The van der Waals surface area contributed by atoms with Gasteiger partial charge in [0.2, 0.25) is 0 Å². The molecule has 0 fully saturated rings. The average molecular weight is 373 g/mol. The number of allylic oxidation sites excluding steroid dienone is 2. The number of alkyl halides is 3. The number of esters is 1. The van der Waals surface area contributed by atoms with E-state index in [1.807, 2.05) is 12.2 Å². The summed E-state index contributed by atoms with van der Waals surface area (Å²) in [5.74, 6) is -0.521. The third-order valence-corrected chi connectivity index (χ3v) is 5.39. The van der Waals surface area contributed by atoms with Gasteiger partial charge >= 0.3 is 12.1 Å². The lowest BCUT2D eigenvalue weighted by Crippen LogP contribution is -2.31. The summed E-state index contributed by atoms with van der Waals surface area (Å²) in [5, 5.41) is 3.29. The van der Waals surface area contributed by atoms with Gasteiger partial charge in [-0.3, -0.25) is 0 Å². The molecule has 0 unspecified atom stereocenters. The topological polar surface area (TPSA) is 38.3 Å². The van der Waals surface area contributed by atoms with Crippen LogP contribution in [0.1, 0.15) is 45.4 Å². The molecule has 6 heteroatoms. The van der Waals surface area contributed by atoms with Gasteiger partial charge in [0, 0.05) is 11.6 Å². The molecular weight excluding hydrogens is 355 g/mol. The van der Waals surface area contributed by atoms with Gasteiger partial charge in [0.1, 0.15) is 0 Å². The molecule has 0 bridgehead atoms. The van der Waals surface area contributed by atoms with E-state index in [4.69, 9.17) is 4.74 Å². The summed E-state index contributed by atoms with van der Waals surface area (Å²) >= 11 is 0. The summed E-state index contributed by atoms with van der Waals surface area (Å²) in [7, 11) is 1.32. The van der Waals surface area contributed by atoms with Crippen molar-refractivity contribution in [1.29, 1.82) is 0 Å². The maximum absolute atomic E-state index is 13.5. The molecule has 2 aliphatic rings. The van der Waals surface area contributed by atoms with Crippen LogP contribution in [0, 0.1) is 5.92 Å². The highest BCUT2D eigenvalue weighted by atomic mass is 19.4. The van der Waals surface area contributed by atoms with E-state index in [0.717, 1.165) is 17.3 Å². The number of nitrogens with one attached hydrogen (secondary N) is 1. The van der Waals surface area contributed by atoms with E-state index in [1.54, 1.807) is 30.3 Å². The molecule has 1 N–H and O–H groups in total. The number of benzene rings is 2. The van der Waals surface area contributed by atoms with Crippen molar-refractivity contribution in [1.82, 2.24) is 0 Å². The minimum Gasteiger partial charge on any atom is -0.465 e. The molecule has 2 aromatic rings. The average Bonchev–Trinajstić information content (AvgIpc) is 3.16. The fraction of sp³-hybridized carbons (Fsp3) is 0.286. The van der Waals surface area contributed by atoms with Crippen LogP contribution in [0.3, 0.4) is 0 Å². The molecule has 1 heterocycles. The van der Waals surface area contributed by atoms with Gasteiger partial charge in [-0.05, 0) is 47.7 Å². The van der Waals surface area contributed by atoms with Crippen molar-refractivity contribution in [2.75, 3.05) is 12.4 Å². The number of hydrogen-bond acceptors (Lipinski definition) is 3. The van der Waals surface area contributed by atoms with Gasteiger partial charge < -0.3 is 10.1 Å². The first-order valence-corrected chi connectivity index (χ1v) is 8.71. The highest BCUT2D eigenvalue weighted by Gasteiger charge is 2.42. The summed E-state index contributed by atoms with van der Waals surface area (Å²) in [6, 6.07) is 10.4. The Morgan fingerprint density at radius 3 is 2.67 bits per heavy atom. The second-order valence-electron chi connectivity index (χ2n) is 6.85. The second kappa shape index (κ2) is 6.44. The van der Waals surface area contributed by atoms with Crippen molar-refractivity contribution >= 4 is 11.7 Å². The van der Waals surface area contributed by atoms with Crippen LogP contribution in [0.2, 0.25) is 0 Å². The van der Waals surface area contributed by atoms with Crippen molar-refractivity contribution in [3.05, 3.63) is 76.9 Å². The Balaban J connectivity index is 1.79. The number of carbonyl (C=O) groups is 1. The van der Waals surface area contributed by atoms with Crippen molar-refractivity contribution < 1.29 is 22.7 Å². The Bertz CT molecular complexity index is 920. The molecule has 1 aliphatic heterocycles. The molecule has 0 spiro atoms.